The van der Waals surface area contributed by atoms with Crippen LogP contribution in [0.2, 0.25) is 0 Å². The molecular formula is C33H22F3N3O5S2. The van der Waals surface area contributed by atoms with Gasteiger partial charge in [0, 0.05) is 27.4 Å². The maximum absolute atomic E-state index is 14.0. The molecule has 8 nitrogen and oxygen atoms in total. The summed E-state index contributed by atoms with van der Waals surface area (Å²) < 4.78 is 46.5. The molecule has 1 aromatic heterocycles. The Morgan fingerprint density at radius 2 is 1.65 bits per heavy atom. The van der Waals surface area contributed by atoms with Gasteiger partial charge in [0.25, 0.3) is 5.91 Å². The molecule has 0 saturated carbocycles. The first-order valence-corrected chi connectivity index (χ1v) is 15.7. The van der Waals surface area contributed by atoms with Gasteiger partial charge in [-0.15, -0.1) is 0 Å². The van der Waals surface area contributed by atoms with Crippen molar-refractivity contribution < 1.29 is 32.3 Å². The molecule has 0 radical (unpaired) electrons. The number of thioether (sulfide) groups is 1. The topological polar surface area (TPSA) is 109 Å². The van der Waals surface area contributed by atoms with Crippen LogP contribution in [0.4, 0.5) is 24.5 Å². The summed E-state index contributed by atoms with van der Waals surface area (Å²) in [5, 5.41) is 4.05. The molecule has 0 spiro atoms. The number of nitrogens with zero attached hydrogens (tertiary/aromatic N) is 1. The highest BCUT2D eigenvalue weighted by Gasteiger charge is 2.57. The summed E-state index contributed by atoms with van der Waals surface area (Å²) in [6, 6.07) is 23.9. The third-order valence-electron chi connectivity index (χ3n) is 7.93. The first kappa shape index (κ1) is 29.8. The number of alkyl halides is 3. The van der Waals surface area contributed by atoms with E-state index in [1.165, 1.54) is 6.07 Å². The molecule has 2 aliphatic heterocycles. The lowest BCUT2D eigenvalue weighted by atomic mass is 9.82. The molecule has 4 aromatic carbocycles. The summed E-state index contributed by atoms with van der Waals surface area (Å²) in [7, 11) is 0. The number of thiazole rings is 1. The Morgan fingerprint density at radius 1 is 0.913 bits per heavy atom. The average Bonchev–Trinajstić information content (AvgIpc) is 3.54. The number of halogens is 3. The van der Waals surface area contributed by atoms with Gasteiger partial charge >= 0.3 is 11.0 Å². The normalized spacial score (nSPS) is 19.2. The van der Waals surface area contributed by atoms with Crippen LogP contribution in [0.1, 0.15) is 21.9 Å². The Hall–Kier alpha value is -4.88. The monoisotopic (exact) mass is 661 g/mol. The molecule has 3 amide bonds. The number of imide groups is 1. The lowest BCUT2D eigenvalue weighted by Crippen LogP contribution is -2.32. The molecule has 46 heavy (non-hydrogen) atoms. The van der Waals surface area contributed by atoms with Crippen LogP contribution >= 0.6 is 23.1 Å². The highest BCUT2D eigenvalue weighted by atomic mass is 32.2. The molecule has 2 unspecified atom stereocenters. The van der Waals surface area contributed by atoms with Crippen molar-refractivity contribution in [2.45, 2.75) is 22.4 Å². The number of aromatic nitrogens is 1. The standard InChI is InChI=1S/C33H22F3N3O5S2/c34-33(35,36)18-9-6-10-19(15-18)39-30(41)26-25(27-29(38-32(43)46-27)45-28(26)31(39)42)21-12-3-4-14-23(21)44-16-24(40)37-22-13-5-8-17-7-1-2-11-20(17)22/h1-15,25-26,28H,16H2,(H,37,40)(H,38,43)/t25-,26?,28?/m1/s1. The lowest BCUT2D eigenvalue weighted by molar-refractivity contribution is -0.137. The number of fused-ring (bicyclic) bond motifs is 3. The molecule has 1 fully saturated rings. The molecule has 0 aliphatic carbocycles. The zero-order chi connectivity index (χ0) is 32.2. The summed E-state index contributed by atoms with van der Waals surface area (Å²) in [5.74, 6) is -3.46. The van der Waals surface area contributed by atoms with Crippen molar-refractivity contribution in [3.63, 3.8) is 0 Å². The van der Waals surface area contributed by atoms with Gasteiger partial charge < -0.3 is 15.0 Å². The minimum absolute atomic E-state index is 0.190. The van der Waals surface area contributed by atoms with Gasteiger partial charge in [-0.1, -0.05) is 83.8 Å². The fourth-order valence-corrected chi connectivity index (χ4v) is 8.47. The average molecular weight is 662 g/mol. The number of anilines is 2. The van der Waals surface area contributed by atoms with Crippen molar-refractivity contribution in [3.8, 4) is 5.75 Å². The van der Waals surface area contributed by atoms with Crippen LogP contribution < -0.4 is 19.8 Å². The fourth-order valence-electron chi connectivity index (χ4n) is 5.96. The summed E-state index contributed by atoms with van der Waals surface area (Å²) in [6.07, 6.45) is -4.67. The summed E-state index contributed by atoms with van der Waals surface area (Å²) in [4.78, 5) is 56.9. The third-order valence-corrected chi connectivity index (χ3v) is 10.3. The number of ether oxygens (including phenoxy) is 1. The highest BCUT2D eigenvalue weighted by Crippen LogP contribution is 2.54. The van der Waals surface area contributed by atoms with E-state index in [9.17, 15) is 32.3 Å². The highest BCUT2D eigenvalue weighted by molar-refractivity contribution is 8.00. The molecule has 2 aliphatic rings. The Balaban J connectivity index is 1.21. The Kier molecular flexibility index (Phi) is 7.44. The van der Waals surface area contributed by atoms with Crippen LogP contribution in [0.15, 0.2) is 101 Å². The molecule has 13 heteroatoms. The van der Waals surface area contributed by atoms with Crippen LogP contribution in [0.5, 0.6) is 5.75 Å². The summed E-state index contributed by atoms with van der Waals surface area (Å²) >= 11 is 1.90. The van der Waals surface area contributed by atoms with Crippen LogP contribution in [-0.4, -0.2) is 34.6 Å². The molecule has 232 valence electrons. The maximum atomic E-state index is 14.0. The number of carbonyl (C=O) groups is 3. The molecular weight excluding hydrogens is 640 g/mol. The summed E-state index contributed by atoms with van der Waals surface area (Å²) in [5.41, 5.74) is -0.114. The zero-order valence-electron chi connectivity index (χ0n) is 23.5. The van der Waals surface area contributed by atoms with Gasteiger partial charge in [-0.25, -0.2) is 4.90 Å². The second kappa shape index (κ2) is 11.5. The number of rotatable bonds is 6. The van der Waals surface area contributed by atoms with Crippen LogP contribution in [-0.2, 0) is 20.6 Å². The molecule has 5 aromatic rings. The van der Waals surface area contributed by atoms with E-state index in [0.717, 1.165) is 57.0 Å². The van der Waals surface area contributed by atoms with Crippen molar-refractivity contribution in [3.05, 3.63) is 117 Å². The van der Waals surface area contributed by atoms with Gasteiger partial charge in [0.2, 0.25) is 11.8 Å². The van der Waals surface area contributed by atoms with Gasteiger partial charge in [0.15, 0.2) is 6.61 Å². The number of carbonyl (C=O) groups excluding carboxylic acids is 3. The van der Waals surface area contributed by atoms with E-state index in [1.807, 2.05) is 36.4 Å². The third kappa shape index (κ3) is 5.24. The number of amides is 3. The predicted octanol–water partition coefficient (Wildman–Crippen LogP) is 6.42. The van der Waals surface area contributed by atoms with Gasteiger partial charge in [-0.3, -0.25) is 19.2 Å². The Labute approximate surface area is 267 Å². The van der Waals surface area contributed by atoms with Crippen molar-refractivity contribution in [2.24, 2.45) is 5.92 Å². The molecule has 7 rings (SSSR count). The maximum Gasteiger partial charge on any atom is 0.416 e. The molecule has 0 bridgehead atoms. The Bertz CT molecular complexity index is 2090. The van der Waals surface area contributed by atoms with Crippen molar-refractivity contribution in [1.29, 1.82) is 0 Å². The Morgan fingerprint density at radius 3 is 2.48 bits per heavy atom. The van der Waals surface area contributed by atoms with E-state index in [-0.39, 0.29) is 22.9 Å². The number of H-pyrrole nitrogens is 1. The number of hydrogen-bond donors (Lipinski definition) is 2. The first-order chi connectivity index (χ1) is 22.1. The van der Waals surface area contributed by atoms with Crippen molar-refractivity contribution in [2.75, 3.05) is 16.8 Å². The quantitative estimate of drug-likeness (QED) is 0.203. The predicted molar refractivity (Wildman–Crippen MR) is 168 cm³/mol. The van der Waals surface area contributed by atoms with E-state index in [4.69, 9.17) is 4.74 Å². The van der Waals surface area contributed by atoms with Gasteiger partial charge in [-0.05, 0) is 35.7 Å². The molecule has 1 saturated heterocycles. The van der Waals surface area contributed by atoms with Gasteiger partial charge in [-0.2, -0.15) is 13.2 Å². The first-order valence-electron chi connectivity index (χ1n) is 14.0. The van der Waals surface area contributed by atoms with E-state index in [1.54, 1.807) is 30.3 Å². The number of para-hydroxylation sites is 1. The van der Waals surface area contributed by atoms with E-state index in [0.29, 0.717) is 21.2 Å². The largest absolute Gasteiger partial charge is 0.483 e. The fraction of sp³-hybridized carbons (Fsp3) is 0.152. The van der Waals surface area contributed by atoms with Crippen LogP contribution in [0.25, 0.3) is 10.8 Å². The molecule has 2 N–H and O–H groups in total. The smallest absolute Gasteiger partial charge is 0.416 e. The van der Waals surface area contributed by atoms with Gasteiger partial charge in [0.05, 0.1) is 22.2 Å². The molecule has 3 atom stereocenters. The number of nitrogens with one attached hydrogen (secondary N) is 2. The second-order valence-electron chi connectivity index (χ2n) is 10.7. The number of aromatic amines is 1. The SMILES string of the molecule is O=C(COc1ccccc1[C@H]1c2sc(=O)[nH]c2SC2C(=O)N(c3cccc(C(F)(F)F)c3)C(=O)C21)Nc1cccc2ccccc12. The number of benzene rings is 4. The second-order valence-corrected chi connectivity index (χ2v) is 12.9. The minimum Gasteiger partial charge on any atom is -0.483 e. The van der Waals surface area contributed by atoms with E-state index < -0.39 is 46.5 Å². The van der Waals surface area contributed by atoms with E-state index >= 15 is 0 Å². The van der Waals surface area contributed by atoms with E-state index in [2.05, 4.69) is 10.3 Å². The van der Waals surface area contributed by atoms with Crippen LogP contribution in [0.3, 0.4) is 0 Å². The van der Waals surface area contributed by atoms with Crippen molar-refractivity contribution >= 4 is 63.0 Å². The van der Waals surface area contributed by atoms with Gasteiger partial charge in [0.1, 0.15) is 11.0 Å². The molecule has 3 heterocycles. The zero-order valence-corrected chi connectivity index (χ0v) is 25.2. The van der Waals surface area contributed by atoms with Crippen molar-refractivity contribution in [1.82, 2.24) is 4.98 Å². The summed E-state index contributed by atoms with van der Waals surface area (Å²) in [6.45, 7) is -0.380. The van der Waals surface area contributed by atoms with Crippen LogP contribution in [0, 0.1) is 5.92 Å². The lowest BCUT2D eigenvalue weighted by Gasteiger charge is -2.30. The minimum atomic E-state index is -4.67. The number of hydrogen-bond acceptors (Lipinski definition) is 7.